The molecule has 0 radical (unpaired) electrons. The number of fused-ring (bicyclic) bond motifs is 2. The first-order valence-electron chi connectivity index (χ1n) is 9.96. The molecular formula is C17H18BN5O9PS-. The summed E-state index contributed by atoms with van der Waals surface area (Å²) in [6, 6.07) is 6.58. The van der Waals surface area contributed by atoms with Gasteiger partial charge in [0.1, 0.15) is 18.3 Å². The molecule has 2 aliphatic heterocycles. The number of H-pyrrole nitrogens is 1. The molecule has 0 saturated carbocycles. The summed E-state index contributed by atoms with van der Waals surface area (Å²) < 4.78 is 28.5. The highest BCUT2D eigenvalue weighted by Gasteiger charge is 2.51. The minimum absolute atomic E-state index is 0.0252. The summed E-state index contributed by atoms with van der Waals surface area (Å²) in [7, 11) is -6.22. The number of nitrogen functional groups attached to an aromatic ring is 1. The maximum atomic E-state index is 12.4. The van der Waals surface area contributed by atoms with Gasteiger partial charge >= 0.3 is 7.12 Å². The van der Waals surface area contributed by atoms with Crippen molar-refractivity contribution in [3.05, 3.63) is 40.2 Å². The topological polar surface area (TPSA) is 218 Å². The number of phosphoric acid groups is 1. The maximum absolute atomic E-state index is 12.4. The molecule has 3 aromatic rings. The Kier molecular flexibility index (Phi) is 6.04. The minimum atomic E-state index is -4.59. The Bertz CT molecular complexity index is 1350. The van der Waals surface area contributed by atoms with Crippen LogP contribution < -0.4 is 21.6 Å². The molecule has 14 nitrogen and oxygen atoms in total. The Balaban J connectivity index is 1.53. The zero-order valence-electron chi connectivity index (χ0n) is 17.2. The number of imidazole rings is 1. The number of hydrogen-bond acceptors (Lipinski definition) is 13. The Morgan fingerprint density at radius 1 is 1.38 bits per heavy atom. The molecule has 3 unspecified atom stereocenters. The van der Waals surface area contributed by atoms with E-state index in [1.165, 1.54) is 4.57 Å². The van der Waals surface area contributed by atoms with E-state index < -0.39 is 45.0 Å². The highest BCUT2D eigenvalue weighted by Crippen LogP contribution is 2.50. The fourth-order valence-electron chi connectivity index (χ4n) is 3.84. The molecule has 1 aromatic carbocycles. The maximum Gasteiger partial charge on any atom is 0.488 e. The lowest BCUT2D eigenvalue weighted by atomic mass is 9.80. The molecule has 2 aromatic heterocycles. The van der Waals surface area contributed by atoms with Crippen molar-refractivity contribution in [2.45, 2.75) is 35.4 Å². The van der Waals surface area contributed by atoms with Crippen LogP contribution in [0.15, 0.2) is 34.2 Å². The number of rotatable bonds is 5. The second-order valence-corrected chi connectivity index (χ2v) is 9.97. The molecule has 5 rings (SSSR count). The van der Waals surface area contributed by atoms with Crippen LogP contribution in [0.1, 0.15) is 11.8 Å². The number of ether oxygens (including phenoxy) is 1. The van der Waals surface area contributed by atoms with Crippen molar-refractivity contribution in [1.82, 2.24) is 19.5 Å². The highest BCUT2D eigenvalue weighted by molar-refractivity contribution is 7.98. The number of nitrogens with one attached hydrogen (secondary N) is 1. The second-order valence-electron chi connectivity index (χ2n) is 7.66. The summed E-state index contributed by atoms with van der Waals surface area (Å²) >= 11 is 1.16. The van der Waals surface area contributed by atoms with Crippen molar-refractivity contribution in [2.75, 3.05) is 12.3 Å². The van der Waals surface area contributed by atoms with E-state index in [0.717, 1.165) is 17.3 Å². The van der Waals surface area contributed by atoms with Gasteiger partial charge in [-0.25, -0.2) is 4.98 Å². The van der Waals surface area contributed by atoms with E-state index in [4.69, 9.17) is 15.0 Å². The molecule has 2 fully saturated rings. The van der Waals surface area contributed by atoms with Crippen molar-refractivity contribution in [1.29, 1.82) is 0 Å². The van der Waals surface area contributed by atoms with E-state index in [-0.39, 0.29) is 28.9 Å². The van der Waals surface area contributed by atoms with Gasteiger partial charge in [-0.15, -0.1) is 0 Å². The van der Waals surface area contributed by atoms with Crippen LogP contribution in [0.3, 0.4) is 0 Å². The van der Waals surface area contributed by atoms with Gasteiger partial charge in [-0.05, 0) is 11.0 Å². The van der Waals surface area contributed by atoms with Gasteiger partial charge in [0, 0.05) is 5.75 Å². The number of anilines is 1. The fourth-order valence-corrected chi connectivity index (χ4v) is 5.75. The van der Waals surface area contributed by atoms with E-state index in [1.807, 2.05) is 0 Å². The fraction of sp³-hybridized carbons (Fsp3) is 0.353. The number of hydrogen-bond donors (Lipinski definition) is 5. The number of phosphoric ester groups is 1. The standard InChI is InChI=1S/C17H19BN5O9PS/c19-16-21-13-10(14(25)22-16)20-17(34-6-7-2-1-3-8(4-7)18(26)27)23(13)15-11(24)12-9(31-15)5-30-33(28,29)32-12/h1-4,9,11-12,15,24,26-27H,5-6H2,(H,28,29)(H3,19,21,22,25)/p-1/t9?,11?,12-,15-/m1/s1. The normalized spacial score (nSPS) is 28.8. The third-order valence-corrected chi connectivity index (χ3v) is 7.36. The van der Waals surface area contributed by atoms with Crippen LogP contribution in [-0.2, 0) is 24.1 Å². The smallest absolute Gasteiger partial charge is 0.488 e. The SMILES string of the molecule is Nc1nc2c(nc(SCc3cccc(B(O)O)c3)n2[C@@H]2OC3COP(=O)([O-])O[C@H]3C2O)c(=O)[nH]1. The van der Waals surface area contributed by atoms with Crippen LogP contribution in [0.2, 0.25) is 0 Å². The number of nitrogens with two attached hydrogens (primary N) is 1. The summed E-state index contributed by atoms with van der Waals surface area (Å²) in [5.74, 6) is 0.107. The summed E-state index contributed by atoms with van der Waals surface area (Å²) in [5, 5.41) is 29.9. The monoisotopic (exact) mass is 510 g/mol. The molecule has 17 heteroatoms. The number of nitrogens with zero attached hydrogens (tertiary/aromatic N) is 3. The Labute approximate surface area is 195 Å². The first kappa shape index (κ1) is 23.5. The van der Waals surface area contributed by atoms with E-state index in [1.54, 1.807) is 24.3 Å². The molecule has 0 spiro atoms. The summed E-state index contributed by atoms with van der Waals surface area (Å²) in [4.78, 5) is 35.0. The van der Waals surface area contributed by atoms with Crippen LogP contribution in [0, 0.1) is 0 Å². The van der Waals surface area contributed by atoms with Crippen molar-refractivity contribution in [3.8, 4) is 0 Å². The van der Waals surface area contributed by atoms with Gasteiger partial charge in [-0.1, -0.05) is 36.0 Å². The summed E-state index contributed by atoms with van der Waals surface area (Å²) in [6.45, 7) is -0.347. The van der Waals surface area contributed by atoms with E-state index in [9.17, 15) is 29.4 Å². The third kappa shape index (κ3) is 4.28. The lowest BCUT2D eigenvalue weighted by Crippen LogP contribution is -2.41. The average molecular weight is 510 g/mol. The number of aliphatic hydroxyl groups is 1. The quantitative estimate of drug-likeness (QED) is 0.140. The minimum Gasteiger partial charge on any atom is -0.756 e. The average Bonchev–Trinajstić information content (AvgIpc) is 3.29. The predicted molar refractivity (Wildman–Crippen MR) is 117 cm³/mol. The summed E-state index contributed by atoms with van der Waals surface area (Å²) in [5.41, 5.74) is 6.09. The molecule has 2 saturated heterocycles. The molecule has 2 aliphatic rings. The van der Waals surface area contributed by atoms with Crippen molar-refractivity contribution >= 4 is 49.3 Å². The largest absolute Gasteiger partial charge is 0.756 e. The van der Waals surface area contributed by atoms with E-state index in [0.29, 0.717) is 11.2 Å². The Morgan fingerprint density at radius 2 is 2.18 bits per heavy atom. The zero-order chi connectivity index (χ0) is 24.2. The van der Waals surface area contributed by atoms with Gasteiger partial charge in [0.15, 0.2) is 22.5 Å². The van der Waals surface area contributed by atoms with Crippen LogP contribution >= 0.6 is 19.6 Å². The second kappa shape index (κ2) is 8.75. The highest BCUT2D eigenvalue weighted by atomic mass is 32.2. The Hall–Kier alpha value is -2.27. The van der Waals surface area contributed by atoms with Gasteiger partial charge in [-0.3, -0.25) is 18.9 Å². The van der Waals surface area contributed by atoms with Gasteiger partial charge in [0.2, 0.25) is 5.95 Å². The predicted octanol–water partition coefficient (Wildman–Crippen LogP) is -2.18. The van der Waals surface area contributed by atoms with Crippen LogP contribution in [0.25, 0.3) is 11.2 Å². The number of aromatic nitrogens is 4. The third-order valence-electron chi connectivity index (χ3n) is 5.37. The van der Waals surface area contributed by atoms with E-state index in [2.05, 4.69) is 19.5 Å². The first-order chi connectivity index (χ1) is 16.1. The van der Waals surface area contributed by atoms with Crippen molar-refractivity contribution < 1.29 is 38.4 Å². The molecular weight excluding hydrogens is 492 g/mol. The van der Waals surface area contributed by atoms with Crippen LogP contribution in [-0.4, -0.2) is 66.7 Å². The molecule has 34 heavy (non-hydrogen) atoms. The van der Waals surface area contributed by atoms with Gasteiger partial charge < -0.3 is 39.6 Å². The molecule has 0 amide bonds. The number of aliphatic hydroxyl groups excluding tert-OH is 1. The molecule has 0 bridgehead atoms. The van der Waals surface area contributed by atoms with Crippen molar-refractivity contribution in [2.24, 2.45) is 0 Å². The van der Waals surface area contributed by atoms with E-state index >= 15 is 0 Å². The van der Waals surface area contributed by atoms with Gasteiger partial charge in [0.25, 0.3) is 13.4 Å². The molecule has 0 aliphatic carbocycles. The van der Waals surface area contributed by atoms with Crippen molar-refractivity contribution in [3.63, 3.8) is 0 Å². The number of aromatic amines is 1. The lowest BCUT2D eigenvalue weighted by Gasteiger charge is -2.34. The lowest BCUT2D eigenvalue weighted by molar-refractivity contribution is -0.245. The van der Waals surface area contributed by atoms with Crippen LogP contribution in [0.4, 0.5) is 5.95 Å². The molecule has 5 atom stereocenters. The molecule has 4 heterocycles. The zero-order valence-corrected chi connectivity index (χ0v) is 18.9. The van der Waals surface area contributed by atoms with Gasteiger partial charge in [-0.2, -0.15) is 4.98 Å². The first-order valence-corrected chi connectivity index (χ1v) is 12.4. The molecule has 6 N–H and O–H groups in total. The number of benzene rings is 1. The van der Waals surface area contributed by atoms with Gasteiger partial charge in [0.05, 0.1) is 6.61 Å². The van der Waals surface area contributed by atoms with Crippen LogP contribution in [0.5, 0.6) is 0 Å². The summed E-state index contributed by atoms with van der Waals surface area (Å²) in [6.07, 6.45) is -4.78. The Morgan fingerprint density at radius 3 is 2.94 bits per heavy atom. The number of thioether (sulfide) groups is 1. The molecule has 180 valence electrons.